The maximum absolute atomic E-state index is 13.4. The van der Waals surface area contributed by atoms with E-state index in [1.807, 2.05) is 13.0 Å². The first-order valence-corrected chi connectivity index (χ1v) is 5.15. The van der Waals surface area contributed by atoms with E-state index < -0.39 is 17.4 Å². The lowest BCUT2D eigenvalue weighted by atomic mass is 10.0. The quantitative estimate of drug-likeness (QED) is 0.724. The van der Waals surface area contributed by atoms with E-state index in [-0.39, 0.29) is 5.56 Å². The van der Waals surface area contributed by atoms with Gasteiger partial charge in [0, 0.05) is 5.56 Å². The minimum atomic E-state index is -1.10. The summed E-state index contributed by atoms with van der Waals surface area (Å²) < 4.78 is 26.4. The van der Waals surface area contributed by atoms with Crippen LogP contribution in [0.4, 0.5) is 8.78 Å². The van der Waals surface area contributed by atoms with E-state index >= 15 is 0 Å². The third-order valence-electron chi connectivity index (χ3n) is 2.48. The van der Waals surface area contributed by atoms with Crippen LogP contribution in [-0.4, -0.2) is 5.78 Å². The van der Waals surface area contributed by atoms with Crippen molar-refractivity contribution in [3.05, 3.63) is 70.8 Å². The van der Waals surface area contributed by atoms with Crippen LogP contribution in [0.5, 0.6) is 0 Å². The van der Waals surface area contributed by atoms with Gasteiger partial charge in [0.1, 0.15) is 0 Å². The molecule has 0 radical (unpaired) electrons. The molecule has 86 valence electrons. The Morgan fingerprint density at radius 2 is 1.76 bits per heavy atom. The summed E-state index contributed by atoms with van der Waals surface area (Å²) in [6, 6.07) is 10.4. The summed E-state index contributed by atoms with van der Waals surface area (Å²) in [5, 5.41) is 0. The monoisotopic (exact) mass is 232 g/mol. The first kappa shape index (κ1) is 11.5. The summed E-state index contributed by atoms with van der Waals surface area (Å²) in [6.45, 7) is 1.83. The number of carbonyl (C=O) groups is 1. The van der Waals surface area contributed by atoms with Crippen LogP contribution in [0.25, 0.3) is 0 Å². The molecule has 0 saturated carbocycles. The standard InChI is InChI=1S/C14H10F2O/c1-9-4-2-5-10(8-9)14(17)11-6-3-7-12(15)13(11)16/h2-8H,1H3. The van der Waals surface area contributed by atoms with Crippen LogP contribution in [-0.2, 0) is 0 Å². The van der Waals surface area contributed by atoms with Gasteiger partial charge in [-0.2, -0.15) is 0 Å². The lowest BCUT2D eigenvalue weighted by molar-refractivity contribution is 0.103. The molecule has 0 saturated heterocycles. The van der Waals surface area contributed by atoms with Crippen molar-refractivity contribution < 1.29 is 13.6 Å². The molecule has 0 fully saturated rings. The molecule has 2 aromatic rings. The lowest BCUT2D eigenvalue weighted by Gasteiger charge is -2.04. The van der Waals surface area contributed by atoms with Gasteiger partial charge in [-0.3, -0.25) is 4.79 Å². The molecule has 1 nitrogen and oxygen atoms in total. The summed E-state index contributed by atoms with van der Waals surface area (Å²) >= 11 is 0. The fourth-order valence-electron chi connectivity index (χ4n) is 1.62. The Kier molecular flexibility index (Phi) is 3.00. The van der Waals surface area contributed by atoms with Crippen molar-refractivity contribution in [2.24, 2.45) is 0 Å². The van der Waals surface area contributed by atoms with Gasteiger partial charge in [0.2, 0.25) is 0 Å². The molecule has 0 aromatic heterocycles. The van der Waals surface area contributed by atoms with Gasteiger partial charge in [-0.15, -0.1) is 0 Å². The topological polar surface area (TPSA) is 17.1 Å². The van der Waals surface area contributed by atoms with E-state index in [4.69, 9.17) is 0 Å². The first-order chi connectivity index (χ1) is 8.09. The second-order valence-corrected chi connectivity index (χ2v) is 3.80. The predicted molar refractivity (Wildman–Crippen MR) is 61.0 cm³/mol. The molecule has 0 spiro atoms. The van der Waals surface area contributed by atoms with Gasteiger partial charge in [0.05, 0.1) is 5.56 Å². The number of aryl methyl sites for hydroxylation is 1. The van der Waals surface area contributed by atoms with Crippen LogP contribution >= 0.6 is 0 Å². The van der Waals surface area contributed by atoms with E-state index in [1.54, 1.807) is 18.2 Å². The SMILES string of the molecule is Cc1cccc(C(=O)c2cccc(F)c2F)c1. The van der Waals surface area contributed by atoms with Crippen molar-refractivity contribution in [2.45, 2.75) is 6.92 Å². The minimum absolute atomic E-state index is 0.240. The van der Waals surface area contributed by atoms with Crippen LogP contribution in [0, 0.1) is 18.6 Å². The maximum Gasteiger partial charge on any atom is 0.196 e. The molecule has 0 aliphatic rings. The average molecular weight is 232 g/mol. The van der Waals surface area contributed by atoms with Crippen molar-refractivity contribution in [3.8, 4) is 0 Å². The number of carbonyl (C=O) groups excluding carboxylic acids is 1. The van der Waals surface area contributed by atoms with E-state index in [0.29, 0.717) is 5.56 Å². The zero-order valence-electron chi connectivity index (χ0n) is 9.21. The van der Waals surface area contributed by atoms with Crippen LogP contribution in [0.1, 0.15) is 21.5 Å². The Balaban J connectivity index is 2.48. The highest BCUT2D eigenvalue weighted by atomic mass is 19.2. The van der Waals surface area contributed by atoms with Crippen LogP contribution < -0.4 is 0 Å². The van der Waals surface area contributed by atoms with Crippen molar-refractivity contribution >= 4 is 5.78 Å². The fourth-order valence-corrected chi connectivity index (χ4v) is 1.62. The molecule has 3 heteroatoms. The minimum Gasteiger partial charge on any atom is -0.288 e. The summed E-state index contributed by atoms with van der Waals surface area (Å²) in [5.41, 5.74) is 1.01. The molecule has 0 heterocycles. The van der Waals surface area contributed by atoms with Crippen LogP contribution in [0.3, 0.4) is 0 Å². The fraction of sp³-hybridized carbons (Fsp3) is 0.0714. The number of benzene rings is 2. The zero-order chi connectivity index (χ0) is 12.4. The molecular weight excluding hydrogens is 222 g/mol. The van der Waals surface area contributed by atoms with Gasteiger partial charge < -0.3 is 0 Å². The largest absolute Gasteiger partial charge is 0.288 e. The normalized spacial score (nSPS) is 10.3. The maximum atomic E-state index is 13.4. The van der Waals surface area contributed by atoms with Gasteiger partial charge in [0.15, 0.2) is 17.4 Å². The Hall–Kier alpha value is -2.03. The highest BCUT2D eigenvalue weighted by Gasteiger charge is 2.16. The predicted octanol–water partition coefficient (Wildman–Crippen LogP) is 3.50. The van der Waals surface area contributed by atoms with Crippen molar-refractivity contribution in [2.75, 3.05) is 0 Å². The highest BCUT2D eigenvalue weighted by Crippen LogP contribution is 2.16. The molecule has 2 rings (SSSR count). The van der Waals surface area contributed by atoms with E-state index in [0.717, 1.165) is 11.6 Å². The Labute approximate surface area is 97.7 Å². The van der Waals surface area contributed by atoms with Crippen molar-refractivity contribution in [1.29, 1.82) is 0 Å². The van der Waals surface area contributed by atoms with Crippen LogP contribution in [0.15, 0.2) is 42.5 Å². The summed E-state index contributed by atoms with van der Waals surface area (Å²) in [4.78, 5) is 12.0. The molecule has 0 N–H and O–H groups in total. The molecular formula is C14H10F2O. The van der Waals surface area contributed by atoms with E-state index in [2.05, 4.69) is 0 Å². The molecule has 0 aliphatic carbocycles. The average Bonchev–Trinajstić information content (AvgIpc) is 2.32. The summed E-state index contributed by atoms with van der Waals surface area (Å²) in [5.74, 6) is -2.62. The summed E-state index contributed by atoms with van der Waals surface area (Å²) in [7, 11) is 0. The third-order valence-corrected chi connectivity index (χ3v) is 2.48. The Morgan fingerprint density at radius 3 is 2.47 bits per heavy atom. The number of hydrogen-bond donors (Lipinski definition) is 0. The molecule has 17 heavy (non-hydrogen) atoms. The lowest BCUT2D eigenvalue weighted by Crippen LogP contribution is -2.05. The smallest absolute Gasteiger partial charge is 0.196 e. The van der Waals surface area contributed by atoms with Gasteiger partial charge in [-0.05, 0) is 25.1 Å². The number of rotatable bonds is 2. The van der Waals surface area contributed by atoms with Gasteiger partial charge in [0.25, 0.3) is 0 Å². The van der Waals surface area contributed by atoms with E-state index in [9.17, 15) is 13.6 Å². The van der Waals surface area contributed by atoms with Crippen molar-refractivity contribution in [3.63, 3.8) is 0 Å². The Morgan fingerprint density at radius 1 is 1.06 bits per heavy atom. The molecule has 0 atom stereocenters. The van der Waals surface area contributed by atoms with E-state index in [1.165, 1.54) is 12.1 Å². The molecule has 0 amide bonds. The summed E-state index contributed by atoms with van der Waals surface area (Å²) in [6.07, 6.45) is 0. The van der Waals surface area contributed by atoms with Gasteiger partial charge in [-0.25, -0.2) is 8.78 Å². The third kappa shape index (κ3) is 2.23. The zero-order valence-corrected chi connectivity index (χ0v) is 9.21. The van der Waals surface area contributed by atoms with Gasteiger partial charge >= 0.3 is 0 Å². The first-order valence-electron chi connectivity index (χ1n) is 5.15. The number of hydrogen-bond acceptors (Lipinski definition) is 1. The highest BCUT2D eigenvalue weighted by molar-refractivity contribution is 6.09. The second kappa shape index (κ2) is 4.45. The molecule has 0 bridgehead atoms. The second-order valence-electron chi connectivity index (χ2n) is 3.80. The van der Waals surface area contributed by atoms with Crippen molar-refractivity contribution in [1.82, 2.24) is 0 Å². The van der Waals surface area contributed by atoms with Gasteiger partial charge in [-0.1, -0.05) is 29.8 Å². The van der Waals surface area contributed by atoms with Crippen LogP contribution in [0.2, 0.25) is 0 Å². The molecule has 0 unspecified atom stereocenters. The molecule has 0 aliphatic heterocycles. The number of halogens is 2. The number of ketones is 1. The Bertz CT molecular complexity index is 576. The molecule has 2 aromatic carbocycles.